The third kappa shape index (κ3) is 4.89. The normalized spacial score (nSPS) is 10.8. The highest BCUT2D eigenvalue weighted by atomic mass is 16.4. The first-order valence-corrected chi connectivity index (χ1v) is 8.34. The number of hydrogen-bond donors (Lipinski definition) is 1. The minimum absolute atomic E-state index is 0.00365. The van der Waals surface area contributed by atoms with Crippen LogP contribution in [0.3, 0.4) is 0 Å². The quantitative estimate of drug-likeness (QED) is 0.806. The van der Waals surface area contributed by atoms with E-state index in [1.54, 1.807) is 37.3 Å². The summed E-state index contributed by atoms with van der Waals surface area (Å²) in [6, 6.07) is 8.26. The molecule has 5 nitrogen and oxygen atoms in total. The fourth-order valence-corrected chi connectivity index (χ4v) is 2.48. The van der Waals surface area contributed by atoms with E-state index >= 15 is 0 Å². The molecule has 1 N–H and O–H groups in total. The van der Waals surface area contributed by atoms with E-state index in [0.29, 0.717) is 34.9 Å². The Morgan fingerprint density at radius 1 is 1.16 bits per heavy atom. The number of anilines is 1. The average molecular weight is 341 g/mol. The second kappa shape index (κ2) is 7.92. The van der Waals surface area contributed by atoms with Crippen molar-refractivity contribution in [2.45, 2.75) is 40.5 Å². The Morgan fingerprint density at radius 3 is 2.32 bits per heavy atom. The zero-order chi connectivity index (χ0) is 18.6. The molecule has 1 amide bonds. The van der Waals surface area contributed by atoms with Gasteiger partial charge >= 0.3 is 5.63 Å². The Labute approximate surface area is 147 Å². The number of benzene rings is 1. The molecule has 0 aliphatic rings. The van der Waals surface area contributed by atoms with Gasteiger partial charge in [0.15, 0.2) is 5.78 Å². The zero-order valence-electron chi connectivity index (χ0n) is 15.0. The molecule has 0 saturated carbocycles. The Bertz CT molecular complexity index is 832. The van der Waals surface area contributed by atoms with Crippen molar-refractivity contribution >= 4 is 17.4 Å². The Kier molecular flexibility index (Phi) is 5.91. The van der Waals surface area contributed by atoms with Gasteiger partial charge in [-0.3, -0.25) is 9.59 Å². The van der Waals surface area contributed by atoms with Gasteiger partial charge in [0.2, 0.25) is 0 Å². The number of ketones is 1. The van der Waals surface area contributed by atoms with E-state index in [-0.39, 0.29) is 11.3 Å². The van der Waals surface area contributed by atoms with Crippen LogP contribution in [0.5, 0.6) is 0 Å². The lowest BCUT2D eigenvalue weighted by molar-refractivity contribution is 0.101. The molecule has 0 saturated heterocycles. The number of Topliss-reactive ketones (excluding diaryl/α,β-unsaturated/α-hetero) is 1. The molecule has 0 bridgehead atoms. The molecule has 0 unspecified atom stereocenters. The van der Waals surface area contributed by atoms with Crippen molar-refractivity contribution in [2.24, 2.45) is 5.92 Å². The van der Waals surface area contributed by atoms with Crippen molar-refractivity contribution in [1.82, 2.24) is 0 Å². The molecule has 132 valence electrons. The number of hydrogen-bond acceptors (Lipinski definition) is 4. The molecule has 2 aromatic rings. The molecule has 0 fully saturated rings. The second-order valence-electron chi connectivity index (χ2n) is 6.58. The summed E-state index contributed by atoms with van der Waals surface area (Å²) in [6.45, 7) is 7.40. The van der Waals surface area contributed by atoms with Crippen LogP contribution in [0.25, 0.3) is 0 Å². The third-order valence-corrected chi connectivity index (χ3v) is 3.94. The van der Waals surface area contributed by atoms with Crippen molar-refractivity contribution in [2.75, 3.05) is 5.32 Å². The van der Waals surface area contributed by atoms with Crippen molar-refractivity contribution in [3.63, 3.8) is 0 Å². The lowest BCUT2D eigenvalue weighted by atomic mass is 10.0. The van der Waals surface area contributed by atoms with Gasteiger partial charge in [0.1, 0.15) is 11.3 Å². The lowest BCUT2D eigenvalue weighted by Crippen LogP contribution is -2.23. The Morgan fingerprint density at radius 2 is 1.80 bits per heavy atom. The molecule has 1 aromatic carbocycles. The smallest absolute Gasteiger partial charge is 0.349 e. The fourth-order valence-electron chi connectivity index (χ4n) is 2.48. The van der Waals surface area contributed by atoms with Gasteiger partial charge in [0, 0.05) is 17.7 Å². The monoisotopic (exact) mass is 341 g/mol. The Hall–Kier alpha value is -2.69. The molecule has 0 radical (unpaired) electrons. The van der Waals surface area contributed by atoms with Crippen LogP contribution in [0.2, 0.25) is 0 Å². The van der Waals surface area contributed by atoms with Crippen molar-refractivity contribution in [3.8, 4) is 0 Å². The van der Waals surface area contributed by atoms with Crippen LogP contribution in [0, 0.1) is 12.8 Å². The van der Waals surface area contributed by atoms with Gasteiger partial charge in [0.25, 0.3) is 5.91 Å². The molecule has 25 heavy (non-hydrogen) atoms. The summed E-state index contributed by atoms with van der Waals surface area (Å²) in [7, 11) is 0. The fraction of sp³-hybridized carbons (Fsp3) is 0.350. The van der Waals surface area contributed by atoms with Crippen LogP contribution < -0.4 is 10.9 Å². The average Bonchev–Trinajstić information content (AvgIpc) is 2.52. The van der Waals surface area contributed by atoms with Crippen LogP contribution in [-0.4, -0.2) is 11.7 Å². The van der Waals surface area contributed by atoms with Gasteiger partial charge in [-0.25, -0.2) is 4.79 Å². The molecule has 0 aliphatic heterocycles. The van der Waals surface area contributed by atoms with Gasteiger partial charge in [-0.1, -0.05) is 13.8 Å². The van der Waals surface area contributed by atoms with Crippen LogP contribution in [0.1, 0.15) is 59.2 Å². The third-order valence-electron chi connectivity index (χ3n) is 3.94. The van der Waals surface area contributed by atoms with E-state index in [1.807, 2.05) is 0 Å². The summed E-state index contributed by atoms with van der Waals surface area (Å²) in [5.41, 5.74) is 1.04. The van der Waals surface area contributed by atoms with Crippen LogP contribution in [0.15, 0.2) is 39.5 Å². The van der Waals surface area contributed by atoms with E-state index in [0.717, 1.165) is 6.42 Å². The summed E-state index contributed by atoms with van der Waals surface area (Å²) < 4.78 is 5.29. The maximum atomic E-state index is 12.4. The highest BCUT2D eigenvalue weighted by Gasteiger charge is 2.17. The van der Waals surface area contributed by atoms with E-state index in [9.17, 15) is 14.4 Å². The molecule has 0 atom stereocenters. The maximum absolute atomic E-state index is 12.4. The molecule has 5 heteroatoms. The van der Waals surface area contributed by atoms with Gasteiger partial charge in [-0.05, 0) is 62.1 Å². The number of rotatable bonds is 6. The number of amides is 1. The molecule has 0 aliphatic carbocycles. The van der Waals surface area contributed by atoms with Gasteiger partial charge in [-0.2, -0.15) is 0 Å². The zero-order valence-corrected chi connectivity index (χ0v) is 15.0. The number of carbonyl (C=O) groups excluding carboxylic acids is 2. The first-order valence-electron chi connectivity index (χ1n) is 8.34. The standard InChI is InChI=1S/C20H23NO4/c1-12(2)5-10-17-11-13(3)18(20(24)25-17)19(23)21-16-8-6-15(7-9-16)14(4)22/h6-9,11-12H,5,10H2,1-4H3,(H,21,23). The van der Waals surface area contributed by atoms with Crippen molar-refractivity contribution < 1.29 is 14.0 Å². The molecular formula is C20H23NO4. The number of aryl methyl sites for hydroxylation is 2. The highest BCUT2D eigenvalue weighted by Crippen LogP contribution is 2.15. The number of carbonyl (C=O) groups is 2. The SMILES string of the molecule is CC(=O)c1ccc(NC(=O)c2c(C)cc(CCC(C)C)oc2=O)cc1. The van der Waals surface area contributed by atoms with Gasteiger partial charge in [0.05, 0.1) is 0 Å². The minimum atomic E-state index is -0.628. The minimum Gasteiger partial charge on any atom is -0.427 e. The summed E-state index contributed by atoms with van der Waals surface area (Å²) in [5, 5.41) is 2.67. The molecule has 2 rings (SSSR count). The molecule has 0 spiro atoms. The van der Waals surface area contributed by atoms with Gasteiger partial charge < -0.3 is 9.73 Å². The van der Waals surface area contributed by atoms with E-state index < -0.39 is 11.5 Å². The summed E-state index contributed by atoms with van der Waals surface area (Å²) in [4.78, 5) is 35.9. The lowest BCUT2D eigenvalue weighted by Gasteiger charge is -2.09. The van der Waals surface area contributed by atoms with Crippen molar-refractivity contribution in [3.05, 3.63) is 63.2 Å². The van der Waals surface area contributed by atoms with Gasteiger partial charge in [-0.15, -0.1) is 0 Å². The highest BCUT2D eigenvalue weighted by molar-refractivity contribution is 6.05. The first kappa shape index (κ1) is 18.6. The summed E-state index contributed by atoms with van der Waals surface area (Å²) in [5.74, 6) is 0.536. The molecule has 1 heterocycles. The summed E-state index contributed by atoms with van der Waals surface area (Å²) >= 11 is 0. The van der Waals surface area contributed by atoms with E-state index in [2.05, 4.69) is 19.2 Å². The predicted molar refractivity (Wildman–Crippen MR) is 97.3 cm³/mol. The van der Waals surface area contributed by atoms with Crippen molar-refractivity contribution in [1.29, 1.82) is 0 Å². The largest absolute Gasteiger partial charge is 0.427 e. The van der Waals surface area contributed by atoms with Crippen LogP contribution in [-0.2, 0) is 6.42 Å². The van der Waals surface area contributed by atoms with E-state index in [1.165, 1.54) is 6.92 Å². The molecular weight excluding hydrogens is 318 g/mol. The van der Waals surface area contributed by atoms with Crippen LogP contribution in [0.4, 0.5) is 5.69 Å². The topological polar surface area (TPSA) is 76.4 Å². The van der Waals surface area contributed by atoms with E-state index in [4.69, 9.17) is 4.42 Å². The molecule has 1 aromatic heterocycles. The first-order chi connectivity index (χ1) is 11.8. The Balaban J connectivity index is 2.18. The maximum Gasteiger partial charge on any atom is 0.349 e. The second-order valence-corrected chi connectivity index (χ2v) is 6.58. The summed E-state index contributed by atoms with van der Waals surface area (Å²) in [6.07, 6.45) is 1.58. The number of nitrogens with one attached hydrogen (secondary N) is 1. The predicted octanol–water partition coefficient (Wildman–Crippen LogP) is 3.99. The van der Waals surface area contributed by atoms with Crippen LogP contribution >= 0.6 is 0 Å².